The SMILES string of the molecule is I.NC(=NCCCn1cccn1)N1CCCCC1. The van der Waals surface area contributed by atoms with E-state index in [0.29, 0.717) is 5.96 Å². The summed E-state index contributed by atoms with van der Waals surface area (Å²) >= 11 is 0. The van der Waals surface area contributed by atoms with Gasteiger partial charge in [0.25, 0.3) is 0 Å². The molecule has 1 saturated heterocycles. The summed E-state index contributed by atoms with van der Waals surface area (Å²) in [4.78, 5) is 6.62. The van der Waals surface area contributed by atoms with Crippen LogP contribution in [0, 0.1) is 0 Å². The highest BCUT2D eigenvalue weighted by molar-refractivity contribution is 14.0. The molecule has 102 valence electrons. The van der Waals surface area contributed by atoms with Crippen molar-refractivity contribution in [2.75, 3.05) is 19.6 Å². The molecule has 0 atom stereocenters. The highest BCUT2D eigenvalue weighted by Gasteiger charge is 2.11. The van der Waals surface area contributed by atoms with Gasteiger partial charge in [0.05, 0.1) is 0 Å². The fourth-order valence-electron chi connectivity index (χ4n) is 2.08. The first-order valence-corrected chi connectivity index (χ1v) is 6.38. The van der Waals surface area contributed by atoms with E-state index >= 15 is 0 Å². The summed E-state index contributed by atoms with van der Waals surface area (Å²) in [6, 6.07) is 1.94. The monoisotopic (exact) mass is 363 g/mol. The molecule has 2 N–H and O–H groups in total. The van der Waals surface area contributed by atoms with Crippen molar-refractivity contribution in [3.63, 3.8) is 0 Å². The molecule has 2 rings (SSSR count). The first-order valence-electron chi connectivity index (χ1n) is 6.38. The van der Waals surface area contributed by atoms with Crippen LogP contribution in [0.4, 0.5) is 0 Å². The number of aromatic nitrogens is 2. The number of hydrogen-bond acceptors (Lipinski definition) is 2. The molecule has 1 aliphatic rings. The van der Waals surface area contributed by atoms with Crippen LogP contribution in [0.3, 0.4) is 0 Å². The molecular formula is C12H22IN5. The Hall–Kier alpha value is -0.790. The van der Waals surface area contributed by atoms with E-state index in [0.717, 1.165) is 32.6 Å². The zero-order valence-corrected chi connectivity index (χ0v) is 13.0. The van der Waals surface area contributed by atoms with Gasteiger partial charge in [0.15, 0.2) is 5.96 Å². The molecule has 0 radical (unpaired) electrons. The summed E-state index contributed by atoms with van der Waals surface area (Å²) in [5.41, 5.74) is 5.96. The largest absolute Gasteiger partial charge is 0.370 e. The third kappa shape index (κ3) is 4.83. The quantitative estimate of drug-likeness (QED) is 0.383. The molecule has 1 fully saturated rings. The number of likely N-dealkylation sites (tertiary alicyclic amines) is 1. The van der Waals surface area contributed by atoms with E-state index < -0.39 is 0 Å². The van der Waals surface area contributed by atoms with Crippen molar-refractivity contribution in [1.82, 2.24) is 14.7 Å². The van der Waals surface area contributed by atoms with Crippen LogP contribution in [0.15, 0.2) is 23.5 Å². The lowest BCUT2D eigenvalue weighted by atomic mass is 10.1. The molecule has 6 heteroatoms. The van der Waals surface area contributed by atoms with Gasteiger partial charge in [-0.25, -0.2) is 0 Å². The van der Waals surface area contributed by atoms with Crippen LogP contribution >= 0.6 is 24.0 Å². The Balaban J connectivity index is 0.00000162. The number of nitrogens with zero attached hydrogens (tertiary/aromatic N) is 4. The van der Waals surface area contributed by atoms with Crippen LogP contribution in [-0.4, -0.2) is 40.3 Å². The van der Waals surface area contributed by atoms with Crippen LogP contribution in [0.2, 0.25) is 0 Å². The number of aryl methyl sites for hydroxylation is 1. The smallest absolute Gasteiger partial charge is 0.191 e. The van der Waals surface area contributed by atoms with Crippen molar-refractivity contribution in [3.05, 3.63) is 18.5 Å². The van der Waals surface area contributed by atoms with E-state index in [1.807, 2.05) is 16.9 Å². The molecule has 18 heavy (non-hydrogen) atoms. The molecule has 0 bridgehead atoms. The van der Waals surface area contributed by atoms with Crippen molar-refractivity contribution >= 4 is 29.9 Å². The number of nitrogens with two attached hydrogens (primary N) is 1. The molecule has 5 nitrogen and oxygen atoms in total. The highest BCUT2D eigenvalue weighted by Crippen LogP contribution is 2.07. The fraction of sp³-hybridized carbons (Fsp3) is 0.667. The van der Waals surface area contributed by atoms with Crippen molar-refractivity contribution in [3.8, 4) is 0 Å². The van der Waals surface area contributed by atoms with Crippen molar-refractivity contribution in [1.29, 1.82) is 0 Å². The first-order chi connectivity index (χ1) is 8.36. The van der Waals surface area contributed by atoms with Gasteiger partial charge in [-0.2, -0.15) is 5.10 Å². The van der Waals surface area contributed by atoms with Crippen molar-refractivity contribution < 1.29 is 0 Å². The summed E-state index contributed by atoms with van der Waals surface area (Å²) in [7, 11) is 0. The van der Waals surface area contributed by atoms with E-state index in [2.05, 4.69) is 15.0 Å². The lowest BCUT2D eigenvalue weighted by molar-refractivity contribution is 0.338. The second-order valence-corrected chi connectivity index (χ2v) is 4.41. The Labute approximate surface area is 125 Å². The van der Waals surface area contributed by atoms with Gasteiger partial charge in [0.1, 0.15) is 0 Å². The second kappa shape index (κ2) is 8.34. The molecule has 0 amide bonds. The Morgan fingerprint density at radius 2 is 2.06 bits per heavy atom. The number of aliphatic imine (C=N–C) groups is 1. The number of rotatable bonds is 4. The van der Waals surface area contributed by atoms with Gasteiger partial charge in [-0.1, -0.05) is 0 Å². The average Bonchev–Trinajstić information content (AvgIpc) is 2.88. The zero-order valence-electron chi connectivity index (χ0n) is 10.7. The minimum absolute atomic E-state index is 0. The predicted molar refractivity (Wildman–Crippen MR) is 84.2 cm³/mol. The minimum Gasteiger partial charge on any atom is -0.370 e. The second-order valence-electron chi connectivity index (χ2n) is 4.41. The maximum Gasteiger partial charge on any atom is 0.191 e. The van der Waals surface area contributed by atoms with Gasteiger partial charge in [0.2, 0.25) is 0 Å². The van der Waals surface area contributed by atoms with Crippen LogP contribution in [0.25, 0.3) is 0 Å². The molecule has 0 aliphatic carbocycles. The predicted octanol–water partition coefficient (Wildman–Crippen LogP) is 1.69. The maximum atomic E-state index is 5.96. The molecule has 1 aromatic rings. The van der Waals surface area contributed by atoms with Gasteiger partial charge in [-0.15, -0.1) is 24.0 Å². The molecule has 1 aromatic heterocycles. The van der Waals surface area contributed by atoms with Crippen LogP contribution in [0.5, 0.6) is 0 Å². The Morgan fingerprint density at radius 3 is 2.72 bits per heavy atom. The van der Waals surface area contributed by atoms with Crippen molar-refractivity contribution in [2.24, 2.45) is 10.7 Å². The average molecular weight is 363 g/mol. The van der Waals surface area contributed by atoms with E-state index in [9.17, 15) is 0 Å². The topological polar surface area (TPSA) is 59.4 Å². The van der Waals surface area contributed by atoms with Gasteiger partial charge in [-0.05, 0) is 31.7 Å². The summed E-state index contributed by atoms with van der Waals surface area (Å²) < 4.78 is 1.92. The molecule has 0 saturated carbocycles. The fourth-order valence-corrected chi connectivity index (χ4v) is 2.08. The number of hydrogen-bond donors (Lipinski definition) is 1. The van der Waals surface area contributed by atoms with Gasteiger partial charge in [0, 0.05) is 38.6 Å². The normalized spacial score (nSPS) is 16.4. The lowest BCUT2D eigenvalue weighted by Crippen LogP contribution is -2.40. The lowest BCUT2D eigenvalue weighted by Gasteiger charge is -2.27. The summed E-state index contributed by atoms with van der Waals surface area (Å²) in [6.45, 7) is 3.81. The van der Waals surface area contributed by atoms with E-state index in [-0.39, 0.29) is 24.0 Å². The Morgan fingerprint density at radius 1 is 1.28 bits per heavy atom. The number of guanidine groups is 1. The summed E-state index contributed by atoms with van der Waals surface area (Å²) in [5, 5.41) is 4.15. The third-order valence-electron chi connectivity index (χ3n) is 3.06. The molecule has 0 spiro atoms. The third-order valence-corrected chi connectivity index (χ3v) is 3.06. The van der Waals surface area contributed by atoms with Gasteiger partial charge < -0.3 is 10.6 Å². The zero-order chi connectivity index (χ0) is 11.9. The molecule has 2 heterocycles. The van der Waals surface area contributed by atoms with Crippen LogP contribution < -0.4 is 5.73 Å². The maximum absolute atomic E-state index is 5.96. The Bertz CT molecular complexity index is 343. The highest BCUT2D eigenvalue weighted by atomic mass is 127. The van der Waals surface area contributed by atoms with Gasteiger partial charge >= 0.3 is 0 Å². The van der Waals surface area contributed by atoms with Crippen LogP contribution in [-0.2, 0) is 6.54 Å². The summed E-state index contributed by atoms with van der Waals surface area (Å²) in [6.07, 6.45) is 8.55. The minimum atomic E-state index is 0. The first kappa shape index (κ1) is 15.3. The van der Waals surface area contributed by atoms with Crippen LogP contribution in [0.1, 0.15) is 25.7 Å². The molecular weight excluding hydrogens is 341 g/mol. The van der Waals surface area contributed by atoms with E-state index in [1.165, 1.54) is 19.3 Å². The standard InChI is InChI=1S/C12H21N5.HI/c13-12(16-8-2-1-3-9-16)14-6-4-10-17-11-5-7-15-17;/h5,7,11H,1-4,6,8-10H2,(H2,13,14);1H. The summed E-state index contributed by atoms with van der Waals surface area (Å²) in [5.74, 6) is 0.713. The number of halogens is 1. The molecule has 0 aromatic carbocycles. The van der Waals surface area contributed by atoms with E-state index in [1.54, 1.807) is 6.20 Å². The molecule has 0 unspecified atom stereocenters. The van der Waals surface area contributed by atoms with Gasteiger partial charge in [-0.3, -0.25) is 9.67 Å². The number of piperidine rings is 1. The van der Waals surface area contributed by atoms with Crippen molar-refractivity contribution in [2.45, 2.75) is 32.2 Å². The Kier molecular flexibility index (Phi) is 7.07. The van der Waals surface area contributed by atoms with E-state index in [4.69, 9.17) is 5.73 Å². The molecule has 1 aliphatic heterocycles.